The Bertz CT molecular complexity index is 1080. The van der Waals surface area contributed by atoms with Crippen molar-refractivity contribution in [3.05, 3.63) is 82.7 Å². The quantitative estimate of drug-likeness (QED) is 0.649. The van der Waals surface area contributed by atoms with Gasteiger partial charge in [-0.25, -0.2) is 4.79 Å². The van der Waals surface area contributed by atoms with Gasteiger partial charge in [-0.1, -0.05) is 12.1 Å². The smallest absolute Gasteiger partial charge is 0.335 e. The molecule has 3 rings (SSSR count). The van der Waals surface area contributed by atoms with Crippen molar-refractivity contribution >= 4 is 17.6 Å². The standard InChI is InChI=1S/C23H20N2O3/c1-15-12-19(16(2)25(15)21-8-10-22(28-3)11-9-21)13-20(14-24)17-4-6-18(7-5-17)23(26)27/h4-13H,1-3H3,(H,26,27). The van der Waals surface area contributed by atoms with Crippen LogP contribution in [0.3, 0.4) is 0 Å². The van der Waals surface area contributed by atoms with Crippen molar-refractivity contribution in [2.75, 3.05) is 7.11 Å². The maximum atomic E-state index is 11.0. The second kappa shape index (κ2) is 7.85. The summed E-state index contributed by atoms with van der Waals surface area (Å²) in [4.78, 5) is 11.0. The number of hydrogen-bond donors (Lipinski definition) is 1. The predicted octanol–water partition coefficient (Wildman–Crippen LogP) is 4.87. The molecule has 0 aliphatic heterocycles. The van der Waals surface area contributed by atoms with Gasteiger partial charge in [-0.3, -0.25) is 0 Å². The number of carbonyl (C=O) groups is 1. The van der Waals surface area contributed by atoms with Crippen molar-refractivity contribution < 1.29 is 14.6 Å². The van der Waals surface area contributed by atoms with Crippen molar-refractivity contribution in [3.8, 4) is 17.5 Å². The molecule has 5 heteroatoms. The molecule has 5 nitrogen and oxygen atoms in total. The van der Waals surface area contributed by atoms with Crippen molar-refractivity contribution in [2.24, 2.45) is 0 Å². The maximum absolute atomic E-state index is 11.0. The highest BCUT2D eigenvalue weighted by molar-refractivity contribution is 5.92. The normalized spacial score (nSPS) is 11.1. The number of carboxylic acids is 1. The number of allylic oxidation sites excluding steroid dienone is 1. The van der Waals surface area contributed by atoms with Crippen molar-refractivity contribution in [2.45, 2.75) is 13.8 Å². The summed E-state index contributed by atoms with van der Waals surface area (Å²) in [5, 5.41) is 18.6. The lowest BCUT2D eigenvalue weighted by Gasteiger charge is -2.10. The molecule has 28 heavy (non-hydrogen) atoms. The van der Waals surface area contributed by atoms with E-state index in [1.165, 1.54) is 12.1 Å². The van der Waals surface area contributed by atoms with Crippen LogP contribution >= 0.6 is 0 Å². The summed E-state index contributed by atoms with van der Waals surface area (Å²) in [5.74, 6) is -0.194. The largest absolute Gasteiger partial charge is 0.497 e. The molecule has 1 N–H and O–H groups in total. The molecular formula is C23H20N2O3. The minimum absolute atomic E-state index is 0.193. The van der Waals surface area contributed by atoms with Crippen LogP contribution in [0.4, 0.5) is 0 Å². The van der Waals surface area contributed by atoms with Crippen LogP contribution in [0, 0.1) is 25.2 Å². The third-order valence-corrected chi connectivity index (χ3v) is 4.66. The minimum Gasteiger partial charge on any atom is -0.497 e. The summed E-state index contributed by atoms with van der Waals surface area (Å²) in [7, 11) is 1.64. The lowest BCUT2D eigenvalue weighted by Crippen LogP contribution is -1.99. The molecule has 0 radical (unpaired) electrons. The van der Waals surface area contributed by atoms with Crippen LogP contribution in [0.15, 0.2) is 54.6 Å². The molecule has 0 amide bonds. The first-order valence-electron chi connectivity index (χ1n) is 8.73. The van der Waals surface area contributed by atoms with Gasteiger partial charge in [0, 0.05) is 17.1 Å². The summed E-state index contributed by atoms with van der Waals surface area (Å²) in [5.41, 5.74) is 5.37. The summed E-state index contributed by atoms with van der Waals surface area (Å²) in [6, 6.07) is 18.4. The number of hydrogen-bond acceptors (Lipinski definition) is 3. The molecule has 1 aromatic heterocycles. The number of benzene rings is 2. The summed E-state index contributed by atoms with van der Waals surface area (Å²) < 4.78 is 7.34. The number of ether oxygens (including phenoxy) is 1. The number of aromatic carboxylic acids is 1. The molecule has 0 saturated carbocycles. The molecule has 140 valence electrons. The number of nitrogens with zero attached hydrogens (tertiary/aromatic N) is 2. The Hall–Kier alpha value is -3.78. The van der Waals surface area contributed by atoms with Crippen LogP contribution in [-0.2, 0) is 0 Å². The van der Waals surface area contributed by atoms with Gasteiger partial charge in [0.2, 0.25) is 0 Å². The zero-order valence-electron chi connectivity index (χ0n) is 15.9. The molecule has 0 fully saturated rings. The Labute approximate surface area is 163 Å². The lowest BCUT2D eigenvalue weighted by molar-refractivity contribution is 0.0697. The fourth-order valence-electron chi connectivity index (χ4n) is 3.19. The van der Waals surface area contributed by atoms with Gasteiger partial charge < -0.3 is 14.4 Å². The van der Waals surface area contributed by atoms with E-state index in [1.807, 2.05) is 50.3 Å². The van der Waals surface area contributed by atoms with Gasteiger partial charge in [0.1, 0.15) is 5.75 Å². The van der Waals surface area contributed by atoms with Crippen LogP contribution in [0.25, 0.3) is 17.3 Å². The first kappa shape index (κ1) is 19.0. The van der Waals surface area contributed by atoms with E-state index < -0.39 is 5.97 Å². The number of carboxylic acid groups (broad SMARTS) is 1. The lowest BCUT2D eigenvalue weighted by atomic mass is 10.0. The maximum Gasteiger partial charge on any atom is 0.335 e. The molecule has 0 saturated heterocycles. The zero-order valence-corrected chi connectivity index (χ0v) is 15.9. The molecule has 0 atom stereocenters. The molecule has 3 aromatic rings. The molecule has 0 aliphatic rings. The number of rotatable bonds is 5. The van der Waals surface area contributed by atoms with Crippen molar-refractivity contribution in [1.29, 1.82) is 5.26 Å². The van der Waals surface area contributed by atoms with E-state index in [0.717, 1.165) is 28.4 Å². The summed E-state index contributed by atoms with van der Waals surface area (Å²) >= 11 is 0. The first-order chi connectivity index (χ1) is 13.4. The van der Waals surface area contributed by atoms with Gasteiger partial charge in [0.15, 0.2) is 0 Å². The van der Waals surface area contributed by atoms with E-state index in [4.69, 9.17) is 9.84 Å². The van der Waals surface area contributed by atoms with Gasteiger partial charge in [-0.15, -0.1) is 0 Å². The number of aryl methyl sites for hydroxylation is 1. The Morgan fingerprint density at radius 2 is 1.68 bits per heavy atom. The highest BCUT2D eigenvalue weighted by Gasteiger charge is 2.11. The topological polar surface area (TPSA) is 75.2 Å². The van der Waals surface area contributed by atoms with E-state index in [0.29, 0.717) is 11.1 Å². The zero-order chi connectivity index (χ0) is 20.3. The average molecular weight is 372 g/mol. The summed E-state index contributed by atoms with van der Waals surface area (Å²) in [6.07, 6.45) is 1.83. The molecule has 0 aliphatic carbocycles. The Morgan fingerprint density at radius 3 is 2.21 bits per heavy atom. The Kier molecular flexibility index (Phi) is 5.32. The van der Waals surface area contributed by atoms with Crippen LogP contribution in [0.5, 0.6) is 5.75 Å². The van der Waals surface area contributed by atoms with E-state index in [-0.39, 0.29) is 5.56 Å². The first-order valence-corrected chi connectivity index (χ1v) is 8.73. The number of methoxy groups -OCH3 is 1. The van der Waals surface area contributed by atoms with Crippen molar-refractivity contribution in [3.63, 3.8) is 0 Å². The second-order valence-corrected chi connectivity index (χ2v) is 6.41. The van der Waals surface area contributed by atoms with E-state index in [9.17, 15) is 10.1 Å². The molecule has 1 heterocycles. The van der Waals surface area contributed by atoms with Gasteiger partial charge in [0.25, 0.3) is 0 Å². The SMILES string of the molecule is COc1ccc(-n2c(C)cc(C=C(C#N)c3ccc(C(=O)O)cc3)c2C)cc1. The molecule has 0 bridgehead atoms. The Morgan fingerprint density at radius 1 is 1.07 bits per heavy atom. The van der Waals surface area contributed by atoms with E-state index in [1.54, 1.807) is 19.2 Å². The van der Waals surface area contributed by atoms with Gasteiger partial charge in [0.05, 0.1) is 24.3 Å². The second-order valence-electron chi connectivity index (χ2n) is 6.41. The van der Waals surface area contributed by atoms with Crippen LogP contribution < -0.4 is 4.74 Å². The average Bonchev–Trinajstić information content (AvgIpc) is 2.99. The molecule has 0 unspecified atom stereocenters. The highest BCUT2D eigenvalue weighted by atomic mass is 16.5. The fraction of sp³-hybridized carbons (Fsp3) is 0.130. The van der Waals surface area contributed by atoms with E-state index in [2.05, 4.69) is 10.6 Å². The van der Waals surface area contributed by atoms with Crippen LogP contribution in [-0.4, -0.2) is 22.8 Å². The fourth-order valence-corrected chi connectivity index (χ4v) is 3.19. The third-order valence-electron chi connectivity index (χ3n) is 4.66. The summed E-state index contributed by atoms with van der Waals surface area (Å²) in [6.45, 7) is 4.02. The molecular weight excluding hydrogens is 352 g/mol. The van der Waals surface area contributed by atoms with E-state index >= 15 is 0 Å². The predicted molar refractivity (Wildman–Crippen MR) is 109 cm³/mol. The third kappa shape index (κ3) is 3.67. The van der Waals surface area contributed by atoms with Crippen LogP contribution in [0.2, 0.25) is 0 Å². The number of aromatic nitrogens is 1. The van der Waals surface area contributed by atoms with Gasteiger partial charge >= 0.3 is 5.97 Å². The minimum atomic E-state index is -0.989. The van der Waals surface area contributed by atoms with Crippen molar-refractivity contribution in [1.82, 2.24) is 4.57 Å². The van der Waals surface area contributed by atoms with Crippen LogP contribution in [0.1, 0.15) is 32.9 Å². The highest BCUT2D eigenvalue weighted by Crippen LogP contribution is 2.26. The Balaban J connectivity index is 2.01. The number of nitriles is 1. The monoisotopic (exact) mass is 372 g/mol. The molecule has 0 spiro atoms. The van der Waals surface area contributed by atoms with Gasteiger partial charge in [-0.05, 0) is 73.5 Å². The van der Waals surface area contributed by atoms with Gasteiger partial charge in [-0.2, -0.15) is 5.26 Å². The molecule has 2 aromatic carbocycles.